The fraction of sp³-hybridized carbons (Fsp3) is 0.133. The van der Waals surface area contributed by atoms with Gasteiger partial charge < -0.3 is 19.4 Å². The number of nitrogens with two attached hydrogens (primary N) is 1. The molecule has 0 amide bonds. The van der Waals surface area contributed by atoms with E-state index in [4.69, 9.17) is 19.4 Å². The van der Waals surface area contributed by atoms with Gasteiger partial charge in [0, 0.05) is 0 Å². The fourth-order valence-corrected chi connectivity index (χ4v) is 2.10. The highest BCUT2D eigenvalue weighted by molar-refractivity contribution is 5.85. The molecule has 0 saturated carbocycles. The lowest BCUT2D eigenvalue weighted by Crippen LogP contribution is -1.89. The highest BCUT2D eigenvalue weighted by atomic mass is 16.5. The summed E-state index contributed by atoms with van der Waals surface area (Å²) < 4.78 is 15.9. The van der Waals surface area contributed by atoms with Gasteiger partial charge in [-0.2, -0.15) is 0 Å². The maximum atomic E-state index is 5.92. The highest BCUT2D eigenvalue weighted by Crippen LogP contribution is 2.38. The summed E-state index contributed by atoms with van der Waals surface area (Å²) >= 11 is 0. The molecule has 0 aliphatic heterocycles. The normalized spacial score (nSPS) is 10.7. The van der Waals surface area contributed by atoms with Crippen molar-refractivity contribution in [2.45, 2.75) is 6.92 Å². The van der Waals surface area contributed by atoms with Crippen LogP contribution in [0.15, 0.2) is 45.5 Å². The number of nitrogens with zero attached hydrogens (tertiary/aromatic N) is 1. The Labute approximate surface area is 115 Å². The third-order valence-corrected chi connectivity index (χ3v) is 3.17. The number of hydrogen-bond acceptors (Lipinski definition) is 5. The van der Waals surface area contributed by atoms with E-state index in [1.807, 2.05) is 37.3 Å². The summed E-state index contributed by atoms with van der Waals surface area (Å²) in [7, 11) is 1.63. The summed E-state index contributed by atoms with van der Waals surface area (Å²) in [6.45, 7) is 1.94. The Balaban J connectivity index is 2.13. The summed E-state index contributed by atoms with van der Waals surface area (Å²) in [5, 5.41) is 3.84. The van der Waals surface area contributed by atoms with Gasteiger partial charge in [0.05, 0.1) is 18.9 Å². The Morgan fingerprint density at radius 3 is 2.45 bits per heavy atom. The minimum absolute atomic E-state index is 0.334. The van der Waals surface area contributed by atoms with Crippen molar-refractivity contribution in [2.75, 3.05) is 12.8 Å². The molecule has 2 heterocycles. The molecule has 2 aromatic heterocycles. The maximum Gasteiger partial charge on any atom is 0.212 e. The number of furan rings is 1. The maximum absolute atomic E-state index is 5.92. The van der Waals surface area contributed by atoms with Crippen molar-refractivity contribution in [3.05, 3.63) is 42.2 Å². The first-order valence-corrected chi connectivity index (χ1v) is 6.14. The molecule has 0 unspecified atom stereocenters. The second-order valence-electron chi connectivity index (χ2n) is 4.43. The van der Waals surface area contributed by atoms with Crippen LogP contribution in [-0.2, 0) is 0 Å². The molecular weight excluding hydrogens is 256 g/mol. The average molecular weight is 270 g/mol. The number of aryl methyl sites for hydroxylation is 1. The third kappa shape index (κ3) is 1.93. The number of methoxy groups -OCH3 is 1. The van der Waals surface area contributed by atoms with Gasteiger partial charge in [-0.25, -0.2) is 0 Å². The second-order valence-corrected chi connectivity index (χ2v) is 4.43. The summed E-state index contributed by atoms with van der Waals surface area (Å²) in [6, 6.07) is 9.40. The van der Waals surface area contributed by atoms with Gasteiger partial charge in [0.1, 0.15) is 5.75 Å². The van der Waals surface area contributed by atoms with E-state index in [1.165, 1.54) is 0 Å². The summed E-state index contributed by atoms with van der Waals surface area (Å²) in [5.41, 5.74) is 8.52. The summed E-state index contributed by atoms with van der Waals surface area (Å²) in [5.74, 6) is 2.29. The molecule has 5 nitrogen and oxygen atoms in total. The van der Waals surface area contributed by atoms with E-state index in [0.29, 0.717) is 17.3 Å². The molecule has 5 heteroatoms. The Kier molecular flexibility index (Phi) is 2.95. The van der Waals surface area contributed by atoms with E-state index in [9.17, 15) is 0 Å². The molecule has 0 aliphatic carbocycles. The van der Waals surface area contributed by atoms with Crippen LogP contribution in [0.25, 0.3) is 22.6 Å². The van der Waals surface area contributed by atoms with E-state index in [0.717, 1.165) is 22.4 Å². The lowest BCUT2D eigenvalue weighted by Gasteiger charge is -2.03. The lowest BCUT2D eigenvalue weighted by molar-refractivity contribution is 0.415. The molecule has 102 valence electrons. The zero-order chi connectivity index (χ0) is 14.1. The SMILES string of the molecule is COc1ccc(-c2c(N)noc2-c2occc2C)cc1. The van der Waals surface area contributed by atoms with Crippen LogP contribution in [0.1, 0.15) is 5.56 Å². The van der Waals surface area contributed by atoms with Crippen molar-refractivity contribution in [1.82, 2.24) is 5.16 Å². The fourth-order valence-electron chi connectivity index (χ4n) is 2.10. The molecule has 20 heavy (non-hydrogen) atoms. The first-order valence-electron chi connectivity index (χ1n) is 6.14. The number of benzene rings is 1. The largest absolute Gasteiger partial charge is 0.497 e. The van der Waals surface area contributed by atoms with Gasteiger partial charge in [-0.1, -0.05) is 17.3 Å². The Morgan fingerprint density at radius 1 is 1.10 bits per heavy atom. The number of ether oxygens (including phenoxy) is 1. The van der Waals surface area contributed by atoms with E-state index >= 15 is 0 Å². The van der Waals surface area contributed by atoms with E-state index in [-0.39, 0.29) is 0 Å². The van der Waals surface area contributed by atoms with Crippen molar-refractivity contribution < 1.29 is 13.7 Å². The zero-order valence-electron chi connectivity index (χ0n) is 11.2. The minimum atomic E-state index is 0.334. The van der Waals surface area contributed by atoms with E-state index in [2.05, 4.69) is 5.16 Å². The molecule has 1 aromatic carbocycles. The van der Waals surface area contributed by atoms with Gasteiger partial charge in [0.15, 0.2) is 11.6 Å². The predicted molar refractivity (Wildman–Crippen MR) is 75.3 cm³/mol. The third-order valence-electron chi connectivity index (χ3n) is 3.17. The molecule has 3 rings (SSSR count). The summed E-state index contributed by atoms with van der Waals surface area (Å²) in [4.78, 5) is 0. The molecule has 0 spiro atoms. The average Bonchev–Trinajstić information content (AvgIpc) is 3.05. The second kappa shape index (κ2) is 4.77. The molecule has 2 N–H and O–H groups in total. The molecule has 0 bridgehead atoms. The van der Waals surface area contributed by atoms with Crippen LogP contribution in [-0.4, -0.2) is 12.3 Å². The molecule has 0 saturated heterocycles. The first-order chi connectivity index (χ1) is 9.70. The summed E-state index contributed by atoms with van der Waals surface area (Å²) in [6.07, 6.45) is 1.61. The monoisotopic (exact) mass is 270 g/mol. The lowest BCUT2D eigenvalue weighted by atomic mass is 10.0. The van der Waals surface area contributed by atoms with Crippen LogP contribution in [0.4, 0.5) is 5.82 Å². The van der Waals surface area contributed by atoms with Crippen LogP contribution < -0.4 is 10.5 Å². The van der Waals surface area contributed by atoms with Gasteiger partial charge in [0.2, 0.25) is 5.76 Å². The van der Waals surface area contributed by atoms with Crippen molar-refractivity contribution >= 4 is 5.82 Å². The number of aromatic nitrogens is 1. The number of anilines is 1. The van der Waals surface area contributed by atoms with Crippen LogP contribution >= 0.6 is 0 Å². The first kappa shape index (κ1) is 12.3. The van der Waals surface area contributed by atoms with Gasteiger partial charge in [-0.05, 0) is 36.2 Å². The van der Waals surface area contributed by atoms with Crippen LogP contribution in [0.3, 0.4) is 0 Å². The predicted octanol–water partition coefficient (Wildman–Crippen LogP) is 3.50. The molecule has 0 atom stereocenters. The van der Waals surface area contributed by atoms with Crippen molar-refractivity contribution in [1.29, 1.82) is 0 Å². The molecular formula is C15H14N2O3. The van der Waals surface area contributed by atoms with Crippen molar-refractivity contribution in [2.24, 2.45) is 0 Å². The number of rotatable bonds is 3. The van der Waals surface area contributed by atoms with Crippen molar-refractivity contribution in [3.63, 3.8) is 0 Å². The Bertz CT molecular complexity index is 726. The topological polar surface area (TPSA) is 74.4 Å². The van der Waals surface area contributed by atoms with E-state index in [1.54, 1.807) is 13.4 Å². The van der Waals surface area contributed by atoms with Crippen molar-refractivity contribution in [3.8, 4) is 28.4 Å². The quantitative estimate of drug-likeness (QED) is 0.788. The molecule has 0 radical (unpaired) electrons. The smallest absolute Gasteiger partial charge is 0.212 e. The van der Waals surface area contributed by atoms with Gasteiger partial charge in [-0.3, -0.25) is 0 Å². The highest BCUT2D eigenvalue weighted by Gasteiger charge is 2.21. The van der Waals surface area contributed by atoms with Crippen LogP contribution in [0.2, 0.25) is 0 Å². The van der Waals surface area contributed by atoms with E-state index < -0.39 is 0 Å². The standard InChI is InChI=1S/C15H14N2O3/c1-9-7-8-19-13(9)14-12(15(16)17-20-14)10-3-5-11(18-2)6-4-10/h3-8H,1-2H3,(H2,16,17). The molecule has 0 fully saturated rings. The zero-order valence-corrected chi connectivity index (χ0v) is 11.2. The number of hydrogen-bond donors (Lipinski definition) is 1. The van der Waals surface area contributed by atoms with Crippen LogP contribution in [0.5, 0.6) is 5.75 Å². The van der Waals surface area contributed by atoms with Crippen LogP contribution in [0, 0.1) is 6.92 Å². The van der Waals surface area contributed by atoms with Gasteiger partial charge >= 0.3 is 0 Å². The number of nitrogen functional groups attached to an aromatic ring is 1. The Hall–Kier alpha value is -2.69. The minimum Gasteiger partial charge on any atom is -0.497 e. The molecule has 0 aliphatic rings. The molecule has 3 aromatic rings. The van der Waals surface area contributed by atoms with Gasteiger partial charge in [-0.15, -0.1) is 0 Å². The van der Waals surface area contributed by atoms with Gasteiger partial charge in [0.25, 0.3) is 0 Å². The Morgan fingerprint density at radius 2 is 1.85 bits per heavy atom.